The fraction of sp³-hybridized carbons (Fsp3) is 0.571. The molecule has 2 nitrogen and oxygen atoms in total. The monoisotopic (exact) mass is 440 g/mol. The van der Waals surface area contributed by atoms with Crippen molar-refractivity contribution < 1.29 is 28.5 Å². The van der Waals surface area contributed by atoms with Crippen molar-refractivity contribution in [1.29, 1.82) is 0 Å². The van der Waals surface area contributed by atoms with Crippen LogP contribution in [-0.2, 0) is 13.1 Å². The van der Waals surface area contributed by atoms with Crippen molar-refractivity contribution >= 4 is 0 Å². The van der Waals surface area contributed by atoms with E-state index >= 15 is 0 Å². The number of hydrogen-bond donors (Lipinski definition) is 0. The summed E-state index contributed by atoms with van der Waals surface area (Å²) in [5.41, 5.74) is 6.90. The molecule has 0 N–H and O–H groups in total. The highest BCUT2D eigenvalue weighted by molar-refractivity contribution is 5.56. The summed E-state index contributed by atoms with van der Waals surface area (Å²) in [5.74, 6) is 1.40. The third-order valence-corrected chi connectivity index (χ3v) is 4.80. The van der Waals surface area contributed by atoms with Crippen LogP contribution in [0.25, 0.3) is 11.4 Å². The Labute approximate surface area is 165 Å². The van der Waals surface area contributed by atoms with E-state index < -0.39 is 0 Å². The maximum absolute atomic E-state index is 2.54. The lowest BCUT2D eigenvalue weighted by atomic mass is 10.1. The standard InChI is InChI=1S/C21H33N2.HI/c1-7-9-11-22-18(5)19(6)23(12-10-8-2)21(22)20-14-16(3)13-17(4)15-20;/h13-15H,7-12H2,1-6H3;1H/q+1;/p-1. The highest BCUT2D eigenvalue weighted by Gasteiger charge is 2.26. The Morgan fingerprint density at radius 2 is 1.46 bits per heavy atom. The van der Waals surface area contributed by atoms with Crippen LogP contribution >= 0.6 is 0 Å². The van der Waals surface area contributed by atoms with Crippen LogP contribution in [0.1, 0.15) is 62.0 Å². The first kappa shape index (κ1) is 21.2. The molecule has 1 aromatic heterocycles. The van der Waals surface area contributed by atoms with Gasteiger partial charge in [0.2, 0.25) is 0 Å². The van der Waals surface area contributed by atoms with E-state index in [1.165, 1.54) is 59.6 Å². The summed E-state index contributed by atoms with van der Waals surface area (Å²) in [5, 5.41) is 0. The molecule has 3 heteroatoms. The van der Waals surface area contributed by atoms with E-state index in [1.54, 1.807) is 0 Å². The Hall–Kier alpha value is -0.840. The van der Waals surface area contributed by atoms with Gasteiger partial charge in [0.05, 0.1) is 18.7 Å². The molecule has 0 saturated heterocycles. The number of halogens is 1. The number of aromatic nitrogens is 2. The van der Waals surface area contributed by atoms with E-state index in [4.69, 9.17) is 0 Å². The van der Waals surface area contributed by atoms with E-state index in [-0.39, 0.29) is 24.0 Å². The molecular formula is C21H33IN2. The van der Waals surface area contributed by atoms with Crippen LogP contribution in [0, 0.1) is 27.7 Å². The predicted octanol–water partition coefficient (Wildman–Crippen LogP) is 2.28. The van der Waals surface area contributed by atoms with E-state index in [0.29, 0.717) is 0 Å². The highest BCUT2D eigenvalue weighted by atomic mass is 127. The molecule has 0 aliphatic rings. The van der Waals surface area contributed by atoms with Gasteiger partial charge in [0.1, 0.15) is 11.4 Å². The number of benzene rings is 1. The van der Waals surface area contributed by atoms with Gasteiger partial charge in [0, 0.05) is 13.8 Å². The average Bonchev–Trinajstić information content (AvgIpc) is 2.74. The molecule has 0 saturated carbocycles. The summed E-state index contributed by atoms with van der Waals surface area (Å²) in [6, 6.07) is 6.94. The summed E-state index contributed by atoms with van der Waals surface area (Å²) in [6.07, 6.45) is 4.94. The van der Waals surface area contributed by atoms with Crippen LogP contribution in [0.5, 0.6) is 0 Å². The molecule has 0 spiro atoms. The average molecular weight is 440 g/mol. The van der Waals surface area contributed by atoms with Crippen LogP contribution in [0.15, 0.2) is 18.2 Å². The van der Waals surface area contributed by atoms with Gasteiger partial charge in [-0.15, -0.1) is 0 Å². The van der Waals surface area contributed by atoms with E-state index in [2.05, 4.69) is 68.9 Å². The molecule has 0 unspecified atom stereocenters. The fourth-order valence-electron chi connectivity index (χ4n) is 3.45. The Balaban J connectivity index is 0.00000288. The smallest absolute Gasteiger partial charge is 0.289 e. The van der Waals surface area contributed by atoms with Gasteiger partial charge in [-0.1, -0.05) is 32.8 Å². The first-order valence-electron chi connectivity index (χ1n) is 9.17. The maximum atomic E-state index is 2.54. The Morgan fingerprint density at radius 3 is 2.00 bits per heavy atom. The molecule has 134 valence electrons. The van der Waals surface area contributed by atoms with Gasteiger partial charge in [-0.3, -0.25) is 0 Å². The van der Waals surface area contributed by atoms with Crippen molar-refractivity contribution in [2.75, 3.05) is 0 Å². The van der Waals surface area contributed by atoms with Gasteiger partial charge in [-0.25, -0.2) is 9.13 Å². The SMILES string of the molecule is CCCCn1c(C)c(C)[n+](CCCC)c1-c1cc(C)cc(C)c1.[I-]. The minimum atomic E-state index is 0. The maximum Gasteiger partial charge on any atom is 0.289 e. The quantitative estimate of drug-likeness (QED) is 0.462. The van der Waals surface area contributed by atoms with E-state index in [0.717, 1.165) is 13.1 Å². The van der Waals surface area contributed by atoms with Crippen LogP contribution in [0.2, 0.25) is 0 Å². The normalized spacial score (nSPS) is 10.8. The first-order chi connectivity index (χ1) is 11.0. The zero-order valence-corrected chi connectivity index (χ0v) is 18.4. The van der Waals surface area contributed by atoms with E-state index in [9.17, 15) is 0 Å². The van der Waals surface area contributed by atoms with Gasteiger partial charge < -0.3 is 24.0 Å². The molecule has 0 aliphatic heterocycles. The number of unbranched alkanes of at least 4 members (excludes halogenated alkanes) is 2. The Kier molecular flexibility index (Phi) is 8.48. The van der Waals surface area contributed by atoms with Gasteiger partial charge in [-0.2, -0.15) is 0 Å². The molecule has 2 rings (SSSR count). The van der Waals surface area contributed by atoms with Crippen LogP contribution < -0.4 is 28.5 Å². The third kappa shape index (κ3) is 4.62. The molecule has 24 heavy (non-hydrogen) atoms. The second-order valence-electron chi connectivity index (χ2n) is 6.88. The largest absolute Gasteiger partial charge is 1.00 e. The zero-order valence-electron chi connectivity index (χ0n) is 16.2. The molecule has 0 aliphatic carbocycles. The number of nitrogens with zero attached hydrogens (tertiary/aromatic N) is 2. The second-order valence-corrected chi connectivity index (χ2v) is 6.88. The first-order valence-corrected chi connectivity index (χ1v) is 9.17. The number of aryl methyl sites for hydroxylation is 2. The molecule has 1 heterocycles. The molecule has 1 aromatic carbocycles. The summed E-state index contributed by atoms with van der Waals surface area (Å²) in [6.45, 7) is 15.7. The molecule has 2 aromatic rings. The van der Waals surface area contributed by atoms with Crippen molar-refractivity contribution in [2.45, 2.75) is 80.3 Å². The van der Waals surface area contributed by atoms with Gasteiger partial charge >= 0.3 is 0 Å². The predicted molar refractivity (Wildman–Crippen MR) is 98.8 cm³/mol. The van der Waals surface area contributed by atoms with Crippen LogP contribution in [-0.4, -0.2) is 4.57 Å². The number of hydrogen-bond acceptors (Lipinski definition) is 0. The van der Waals surface area contributed by atoms with Crippen molar-refractivity contribution in [3.05, 3.63) is 40.7 Å². The van der Waals surface area contributed by atoms with Gasteiger partial charge in [0.25, 0.3) is 5.82 Å². The molecule has 0 radical (unpaired) electrons. The van der Waals surface area contributed by atoms with Gasteiger partial charge in [0.15, 0.2) is 0 Å². The summed E-state index contributed by atoms with van der Waals surface area (Å²) in [4.78, 5) is 0. The fourth-order valence-corrected chi connectivity index (χ4v) is 3.45. The molecule has 0 bridgehead atoms. The number of rotatable bonds is 7. The minimum Gasteiger partial charge on any atom is -1.00 e. The summed E-state index contributed by atoms with van der Waals surface area (Å²) >= 11 is 0. The summed E-state index contributed by atoms with van der Waals surface area (Å²) in [7, 11) is 0. The highest BCUT2D eigenvalue weighted by Crippen LogP contribution is 2.24. The zero-order chi connectivity index (χ0) is 17.0. The summed E-state index contributed by atoms with van der Waals surface area (Å²) < 4.78 is 5.09. The topological polar surface area (TPSA) is 8.81 Å². The Morgan fingerprint density at radius 1 is 0.875 bits per heavy atom. The van der Waals surface area contributed by atoms with Crippen molar-refractivity contribution in [2.24, 2.45) is 0 Å². The molecule has 0 amide bonds. The van der Waals surface area contributed by atoms with Gasteiger partial charge in [-0.05, 0) is 49.9 Å². The molecule has 0 fully saturated rings. The lowest BCUT2D eigenvalue weighted by Gasteiger charge is -2.08. The lowest BCUT2D eigenvalue weighted by Crippen LogP contribution is -3.00. The van der Waals surface area contributed by atoms with Crippen molar-refractivity contribution in [1.82, 2.24) is 4.57 Å². The van der Waals surface area contributed by atoms with E-state index in [1.807, 2.05) is 0 Å². The van der Waals surface area contributed by atoms with Crippen molar-refractivity contribution in [3.63, 3.8) is 0 Å². The lowest BCUT2D eigenvalue weighted by molar-refractivity contribution is -0.691. The van der Waals surface area contributed by atoms with Crippen LogP contribution in [0.4, 0.5) is 0 Å². The second kappa shape index (κ2) is 9.59. The van der Waals surface area contributed by atoms with Crippen molar-refractivity contribution in [3.8, 4) is 11.4 Å². The Bertz CT molecular complexity index is 619. The molecule has 0 atom stereocenters. The number of imidazole rings is 1. The minimum absolute atomic E-state index is 0. The van der Waals surface area contributed by atoms with Crippen LogP contribution in [0.3, 0.4) is 0 Å². The molecular weight excluding hydrogens is 407 g/mol. The third-order valence-electron chi connectivity index (χ3n) is 4.80.